The van der Waals surface area contributed by atoms with Crippen LogP contribution < -0.4 is 0 Å². The fourth-order valence-corrected chi connectivity index (χ4v) is 3.35. The van der Waals surface area contributed by atoms with Crippen molar-refractivity contribution in [3.63, 3.8) is 0 Å². The third-order valence-corrected chi connectivity index (χ3v) is 5.60. The van der Waals surface area contributed by atoms with Gasteiger partial charge in [0.2, 0.25) is 0 Å². The highest BCUT2D eigenvalue weighted by Gasteiger charge is 2.39. The minimum Gasteiger partial charge on any atom is -0.298 e. The SMILES string of the molecule is CCC(C)(C)C1CCC(C#N)C(N(C)C(C)CC#N)C1. The maximum atomic E-state index is 9.43. The fourth-order valence-electron chi connectivity index (χ4n) is 3.35. The topological polar surface area (TPSA) is 50.8 Å². The number of hydrogen-bond donors (Lipinski definition) is 0. The lowest BCUT2D eigenvalue weighted by Gasteiger charge is -2.45. The zero-order chi connectivity index (χ0) is 15.3. The molecule has 20 heavy (non-hydrogen) atoms. The maximum Gasteiger partial charge on any atom is 0.0672 e. The number of rotatable bonds is 5. The standard InChI is InChI=1S/C17H29N3/c1-6-17(3,4)15-8-7-14(12-19)16(11-15)20(5)13(2)9-10-18/h13-16H,6-9,11H2,1-5H3. The molecule has 0 aromatic rings. The van der Waals surface area contributed by atoms with Crippen LogP contribution in [0.4, 0.5) is 0 Å². The summed E-state index contributed by atoms with van der Waals surface area (Å²) in [6.07, 6.45) is 4.96. The van der Waals surface area contributed by atoms with Gasteiger partial charge in [-0.3, -0.25) is 4.90 Å². The predicted molar refractivity (Wildman–Crippen MR) is 81.8 cm³/mol. The second-order valence-corrected chi connectivity index (χ2v) is 7.03. The summed E-state index contributed by atoms with van der Waals surface area (Å²) in [5, 5.41) is 18.3. The van der Waals surface area contributed by atoms with Crippen molar-refractivity contribution in [1.29, 1.82) is 10.5 Å². The van der Waals surface area contributed by atoms with E-state index in [2.05, 4.69) is 51.8 Å². The van der Waals surface area contributed by atoms with Crippen LogP contribution in [0.15, 0.2) is 0 Å². The first-order valence-electron chi connectivity index (χ1n) is 7.85. The van der Waals surface area contributed by atoms with Gasteiger partial charge in [0, 0.05) is 12.1 Å². The van der Waals surface area contributed by atoms with Crippen molar-refractivity contribution in [3.05, 3.63) is 0 Å². The lowest BCUT2D eigenvalue weighted by Crippen LogP contribution is -2.47. The molecule has 0 aliphatic heterocycles. The van der Waals surface area contributed by atoms with E-state index in [9.17, 15) is 5.26 Å². The molecule has 0 amide bonds. The summed E-state index contributed by atoms with van der Waals surface area (Å²) >= 11 is 0. The Morgan fingerprint density at radius 1 is 1.30 bits per heavy atom. The summed E-state index contributed by atoms with van der Waals surface area (Å²) in [5.41, 5.74) is 0.345. The van der Waals surface area contributed by atoms with Crippen LogP contribution in [0.25, 0.3) is 0 Å². The molecule has 1 fully saturated rings. The van der Waals surface area contributed by atoms with Crippen molar-refractivity contribution in [2.24, 2.45) is 17.3 Å². The van der Waals surface area contributed by atoms with Gasteiger partial charge in [0.15, 0.2) is 0 Å². The Kier molecular flexibility index (Phi) is 6.03. The molecule has 0 spiro atoms. The van der Waals surface area contributed by atoms with Crippen molar-refractivity contribution < 1.29 is 0 Å². The number of hydrogen-bond acceptors (Lipinski definition) is 3. The van der Waals surface area contributed by atoms with E-state index in [0.29, 0.717) is 23.8 Å². The molecule has 4 unspecified atom stereocenters. The molecule has 1 aliphatic carbocycles. The highest BCUT2D eigenvalue weighted by atomic mass is 15.2. The molecular weight excluding hydrogens is 246 g/mol. The first kappa shape index (κ1) is 17.0. The van der Waals surface area contributed by atoms with Crippen LogP contribution in [0, 0.1) is 39.9 Å². The van der Waals surface area contributed by atoms with Crippen LogP contribution >= 0.6 is 0 Å². The molecule has 1 aliphatic rings. The van der Waals surface area contributed by atoms with E-state index in [1.807, 2.05) is 0 Å². The molecule has 3 heteroatoms. The van der Waals surface area contributed by atoms with Gasteiger partial charge >= 0.3 is 0 Å². The van der Waals surface area contributed by atoms with E-state index >= 15 is 0 Å². The molecule has 0 saturated heterocycles. The quantitative estimate of drug-likeness (QED) is 0.763. The van der Waals surface area contributed by atoms with Crippen molar-refractivity contribution in [3.8, 4) is 12.1 Å². The summed E-state index contributed by atoms with van der Waals surface area (Å²) in [7, 11) is 2.08. The normalized spacial score (nSPS) is 28.7. The van der Waals surface area contributed by atoms with Crippen LogP contribution in [-0.4, -0.2) is 24.0 Å². The predicted octanol–water partition coefficient (Wildman–Crippen LogP) is 3.97. The zero-order valence-corrected chi connectivity index (χ0v) is 13.7. The van der Waals surface area contributed by atoms with Gasteiger partial charge in [-0.05, 0) is 44.6 Å². The lowest BCUT2D eigenvalue weighted by molar-refractivity contribution is 0.0482. The van der Waals surface area contributed by atoms with Crippen molar-refractivity contribution in [2.45, 2.75) is 71.9 Å². The van der Waals surface area contributed by atoms with Gasteiger partial charge in [-0.1, -0.05) is 27.2 Å². The average Bonchev–Trinajstić information content (AvgIpc) is 2.45. The largest absolute Gasteiger partial charge is 0.298 e. The van der Waals surface area contributed by atoms with E-state index in [1.165, 1.54) is 6.42 Å². The van der Waals surface area contributed by atoms with Crippen LogP contribution in [0.2, 0.25) is 0 Å². The van der Waals surface area contributed by atoms with Crippen LogP contribution in [-0.2, 0) is 0 Å². The Bertz CT molecular complexity index is 388. The van der Waals surface area contributed by atoms with Gasteiger partial charge in [0.25, 0.3) is 0 Å². The monoisotopic (exact) mass is 275 g/mol. The Morgan fingerprint density at radius 2 is 1.95 bits per heavy atom. The Balaban J connectivity index is 2.84. The third kappa shape index (κ3) is 3.74. The van der Waals surface area contributed by atoms with Gasteiger partial charge in [-0.15, -0.1) is 0 Å². The second kappa shape index (κ2) is 7.09. The summed E-state index contributed by atoms with van der Waals surface area (Å²) in [6, 6.07) is 5.27. The molecular formula is C17H29N3. The Hall–Kier alpha value is -1.06. The number of nitriles is 2. The molecule has 0 heterocycles. The molecule has 112 valence electrons. The average molecular weight is 275 g/mol. The van der Waals surface area contributed by atoms with Crippen LogP contribution in [0.5, 0.6) is 0 Å². The van der Waals surface area contributed by atoms with Gasteiger partial charge < -0.3 is 0 Å². The fraction of sp³-hybridized carbons (Fsp3) is 0.882. The molecule has 3 nitrogen and oxygen atoms in total. The molecule has 1 rings (SSSR count). The van der Waals surface area contributed by atoms with Gasteiger partial charge in [-0.25, -0.2) is 0 Å². The number of nitrogens with zero attached hydrogens (tertiary/aromatic N) is 3. The molecule has 0 radical (unpaired) electrons. The van der Waals surface area contributed by atoms with Crippen molar-refractivity contribution in [1.82, 2.24) is 4.90 Å². The third-order valence-electron chi connectivity index (χ3n) is 5.60. The van der Waals surface area contributed by atoms with E-state index in [0.717, 1.165) is 19.3 Å². The van der Waals surface area contributed by atoms with Crippen LogP contribution in [0.3, 0.4) is 0 Å². The minimum atomic E-state index is 0.116. The van der Waals surface area contributed by atoms with Gasteiger partial charge in [0.1, 0.15) is 0 Å². The minimum absolute atomic E-state index is 0.116. The van der Waals surface area contributed by atoms with E-state index in [1.54, 1.807) is 0 Å². The Labute approximate surface area is 124 Å². The highest BCUT2D eigenvalue weighted by Crippen LogP contribution is 2.43. The van der Waals surface area contributed by atoms with Gasteiger partial charge in [-0.2, -0.15) is 10.5 Å². The lowest BCUT2D eigenvalue weighted by atomic mass is 9.66. The molecule has 0 aromatic heterocycles. The second-order valence-electron chi connectivity index (χ2n) is 7.03. The summed E-state index contributed by atoms with van der Waals surface area (Å²) < 4.78 is 0. The summed E-state index contributed by atoms with van der Waals surface area (Å²) in [5.74, 6) is 0.795. The molecule has 0 aromatic carbocycles. The van der Waals surface area contributed by atoms with Gasteiger partial charge in [0.05, 0.1) is 24.5 Å². The zero-order valence-electron chi connectivity index (χ0n) is 13.7. The molecule has 0 bridgehead atoms. The van der Waals surface area contributed by atoms with E-state index in [-0.39, 0.29) is 12.0 Å². The molecule has 0 N–H and O–H groups in total. The first-order valence-corrected chi connectivity index (χ1v) is 7.85. The molecule has 1 saturated carbocycles. The van der Waals surface area contributed by atoms with Crippen LogP contribution in [0.1, 0.15) is 59.8 Å². The summed E-state index contributed by atoms with van der Waals surface area (Å²) in [6.45, 7) is 9.04. The maximum absolute atomic E-state index is 9.43. The molecule has 4 atom stereocenters. The Morgan fingerprint density at radius 3 is 2.45 bits per heavy atom. The van der Waals surface area contributed by atoms with Crippen molar-refractivity contribution in [2.75, 3.05) is 7.05 Å². The van der Waals surface area contributed by atoms with Crippen molar-refractivity contribution >= 4 is 0 Å². The summed E-state index contributed by atoms with van der Waals surface area (Å²) in [4.78, 5) is 2.27. The van der Waals surface area contributed by atoms with E-state index in [4.69, 9.17) is 5.26 Å². The smallest absolute Gasteiger partial charge is 0.0672 e. The van der Waals surface area contributed by atoms with E-state index < -0.39 is 0 Å². The first-order chi connectivity index (χ1) is 9.37. The highest BCUT2D eigenvalue weighted by molar-refractivity contribution is 5.00.